The van der Waals surface area contributed by atoms with Crippen LogP contribution in [0.4, 0.5) is 0 Å². The Labute approximate surface area is 93.9 Å². The zero-order valence-electron chi connectivity index (χ0n) is 8.28. The Hall–Kier alpha value is -0.970. The smallest absolute Gasteiger partial charge is 0.123 e. The van der Waals surface area contributed by atoms with E-state index < -0.39 is 0 Å². The molecule has 0 saturated carbocycles. The summed E-state index contributed by atoms with van der Waals surface area (Å²) >= 11 is 5.29. The van der Waals surface area contributed by atoms with Crippen LogP contribution in [0.25, 0.3) is 0 Å². The lowest BCUT2D eigenvalue weighted by Gasteiger charge is -2.08. The number of nitrogens with one attached hydrogen (secondary N) is 1. The van der Waals surface area contributed by atoms with Gasteiger partial charge < -0.3 is 14.6 Å². The van der Waals surface area contributed by atoms with Gasteiger partial charge in [-0.1, -0.05) is 6.07 Å². The van der Waals surface area contributed by atoms with E-state index in [1.807, 2.05) is 18.2 Å². The van der Waals surface area contributed by atoms with Gasteiger partial charge in [-0.05, 0) is 23.9 Å². The molecule has 1 aromatic rings. The summed E-state index contributed by atoms with van der Waals surface area (Å²) in [6.45, 7) is 1.35. The Balaban J connectivity index is 2.42. The molecule has 0 atom stereocenters. The first-order valence-electron chi connectivity index (χ1n) is 4.67. The number of hydrogen-bond donors (Lipinski definition) is 2. The Morgan fingerprint density at radius 1 is 1.20 bits per heavy atom. The van der Waals surface area contributed by atoms with Crippen LogP contribution in [-0.2, 0) is 0 Å². The van der Waals surface area contributed by atoms with Crippen LogP contribution in [-0.4, -0.2) is 31.5 Å². The van der Waals surface area contributed by atoms with Gasteiger partial charge in [-0.15, -0.1) is 0 Å². The van der Waals surface area contributed by atoms with Crippen molar-refractivity contribution in [3.63, 3.8) is 0 Å². The fourth-order valence-electron chi connectivity index (χ4n) is 1.02. The van der Waals surface area contributed by atoms with Crippen LogP contribution in [0, 0.1) is 0 Å². The maximum atomic E-state index is 8.59. The fourth-order valence-corrected chi connectivity index (χ4v) is 1.10. The SMILES string of the molecule is OCCOc1cccc(OCCNCl)c1. The third-order valence-corrected chi connectivity index (χ3v) is 1.82. The molecule has 0 saturated heterocycles. The van der Waals surface area contributed by atoms with Crippen molar-refractivity contribution in [3.05, 3.63) is 24.3 Å². The molecule has 0 spiro atoms. The van der Waals surface area contributed by atoms with E-state index in [0.717, 1.165) is 5.75 Å². The topological polar surface area (TPSA) is 50.7 Å². The highest BCUT2D eigenvalue weighted by Crippen LogP contribution is 2.18. The molecule has 0 aromatic heterocycles. The first kappa shape index (κ1) is 12.1. The van der Waals surface area contributed by atoms with Crippen LogP contribution in [0.3, 0.4) is 0 Å². The lowest BCUT2D eigenvalue weighted by Crippen LogP contribution is -2.11. The highest BCUT2D eigenvalue weighted by atomic mass is 35.5. The molecule has 0 heterocycles. The van der Waals surface area contributed by atoms with Crippen LogP contribution in [0.5, 0.6) is 11.5 Å². The fraction of sp³-hybridized carbons (Fsp3) is 0.400. The van der Waals surface area contributed by atoms with Crippen molar-refractivity contribution in [1.82, 2.24) is 4.84 Å². The maximum absolute atomic E-state index is 8.59. The standard InChI is InChI=1S/C10H14ClNO3/c11-12-4-6-14-9-2-1-3-10(8-9)15-7-5-13/h1-3,8,12-13H,4-7H2. The molecule has 0 unspecified atom stereocenters. The van der Waals surface area contributed by atoms with Gasteiger partial charge in [0.05, 0.1) is 6.61 Å². The summed E-state index contributed by atoms with van der Waals surface area (Å²) in [6.07, 6.45) is 0. The van der Waals surface area contributed by atoms with E-state index in [0.29, 0.717) is 18.9 Å². The second-order valence-electron chi connectivity index (χ2n) is 2.78. The van der Waals surface area contributed by atoms with Gasteiger partial charge in [-0.2, -0.15) is 0 Å². The minimum Gasteiger partial charge on any atom is -0.492 e. The lowest BCUT2D eigenvalue weighted by molar-refractivity contribution is 0.200. The van der Waals surface area contributed by atoms with Gasteiger partial charge in [0.25, 0.3) is 0 Å². The molecule has 0 fully saturated rings. The number of halogens is 1. The summed E-state index contributed by atoms with van der Waals surface area (Å²) < 4.78 is 10.6. The van der Waals surface area contributed by atoms with E-state index in [1.165, 1.54) is 0 Å². The zero-order chi connectivity index (χ0) is 10.9. The highest BCUT2D eigenvalue weighted by molar-refractivity contribution is 6.13. The van der Waals surface area contributed by atoms with Gasteiger partial charge in [0.1, 0.15) is 24.7 Å². The van der Waals surface area contributed by atoms with E-state index in [9.17, 15) is 0 Å². The first-order valence-corrected chi connectivity index (χ1v) is 5.04. The Bertz CT molecular complexity index is 283. The van der Waals surface area contributed by atoms with Gasteiger partial charge in [0.2, 0.25) is 0 Å². The number of rotatable bonds is 7. The molecule has 15 heavy (non-hydrogen) atoms. The van der Waals surface area contributed by atoms with Crippen molar-refractivity contribution in [2.75, 3.05) is 26.4 Å². The van der Waals surface area contributed by atoms with E-state index in [-0.39, 0.29) is 13.2 Å². The molecule has 1 aromatic carbocycles. The monoisotopic (exact) mass is 231 g/mol. The summed E-state index contributed by atoms with van der Waals surface area (Å²) in [6, 6.07) is 7.24. The molecule has 0 bridgehead atoms. The molecule has 84 valence electrons. The van der Waals surface area contributed by atoms with Gasteiger partial charge in [-0.25, -0.2) is 4.84 Å². The zero-order valence-corrected chi connectivity index (χ0v) is 9.04. The summed E-state index contributed by atoms with van der Waals surface area (Å²) in [5.74, 6) is 1.40. The number of aliphatic hydroxyl groups excluding tert-OH is 1. The second kappa shape index (κ2) is 7.34. The van der Waals surface area contributed by atoms with Crippen LogP contribution in [0.1, 0.15) is 0 Å². The van der Waals surface area contributed by atoms with Gasteiger partial charge in [-0.3, -0.25) is 0 Å². The Morgan fingerprint density at radius 3 is 2.47 bits per heavy atom. The average molecular weight is 232 g/mol. The van der Waals surface area contributed by atoms with Gasteiger partial charge in [0.15, 0.2) is 0 Å². The average Bonchev–Trinajstić information content (AvgIpc) is 2.27. The van der Waals surface area contributed by atoms with E-state index in [4.69, 9.17) is 26.4 Å². The van der Waals surface area contributed by atoms with Crippen molar-refractivity contribution in [3.8, 4) is 11.5 Å². The molecular weight excluding hydrogens is 218 g/mol. The minimum absolute atomic E-state index is 0.00124. The summed E-state index contributed by atoms with van der Waals surface area (Å²) in [5, 5.41) is 8.59. The van der Waals surface area contributed by atoms with E-state index in [1.54, 1.807) is 6.07 Å². The van der Waals surface area contributed by atoms with Crippen LogP contribution >= 0.6 is 11.8 Å². The van der Waals surface area contributed by atoms with Crippen molar-refractivity contribution >= 4 is 11.8 Å². The highest BCUT2D eigenvalue weighted by Gasteiger charge is 1.97. The van der Waals surface area contributed by atoms with E-state index >= 15 is 0 Å². The minimum atomic E-state index is 0.00124. The largest absolute Gasteiger partial charge is 0.492 e. The van der Waals surface area contributed by atoms with Crippen LogP contribution < -0.4 is 14.3 Å². The third-order valence-electron chi connectivity index (χ3n) is 1.63. The van der Waals surface area contributed by atoms with Crippen LogP contribution in [0.2, 0.25) is 0 Å². The molecule has 0 radical (unpaired) electrons. The lowest BCUT2D eigenvalue weighted by atomic mass is 10.3. The molecule has 4 nitrogen and oxygen atoms in total. The molecule has 0 aliphatic rings. The molecule has 1 rings (SSSR count). The maximum Gasteiger partial charge on any atom is 0.123 e. The first-order chi connectivity index (χ1) is 7.36. The molecular formula is C10H14ClNO3. The predicted octanol–water partition coefficient (Wildman–Crippen LogP) is 1.18. The Kier molecular flexibility index (Phi) is 5.92. The normalized spacial score (nSPS) is 10.0. The van der Waals surface area contributed by atoms with Gasteiger partial charge >= 0.3 is 0 Å². The van der Waals surface area contributed by atoms with Crippen molar-refractivity contribution in [2.24, 2.45) is 0 Å². The number of benzene rings is 1. The number of ether oxygens (including phenoxy) is 2. The summed E-state index contributed by atoms with van der Waals surface area (Å²) in [4.78, 5) is 2.47. The van der Waals surface area contributed by atoms with E-state index in [2.05, 4.69) is 4.84 Å². The quantitative estimate of drug-likeness (QED) is 0.547. The second-order valence-corrected chi connectivity index (χ2v) is 3.05. The molecule has 0 aliphatic carbocycles. The van der Waals surface area contributed by atoms with Gasteiger partial charge in [0, 0.05) is 12.6 Å². The van der Waals surface area contributed by atoms with Crippen molar-refractivity contribution in [2.45, 2.75) is 0 Å². The van der Waals surface area contributed by atoms with Crippen LogP contribution in [0.15, 0.2) is 24.3 Å². The molecule has 2 N–H and O–H groups in total. The third kappa shape index (κ3) is 4.88. The summed E-state index contributed by atoms with van der Waals surface area (Å²) in [7, 11) is 0. The summed E-state index contributed by atoms with van der Waals surface area (Å²) in [5.41, 5.74) is 0. The predicted molar refractivity (Wildman–Crippen MR) is 58.4 cm³/mol. The van der Waals surface area contributed by atoms with Crippen molar-refractivity contribution in [1.29, 1.82) is 0 Å². The number of aliphatic hydroxyl groups is 1. The molecule has 0 amide bonds. The molecule has 5 heteroatoms. The van der Waals surface area contributed by atoms with Crippen molar-refractivity contribution < 1.29 is 14.6 Å². The molecule has 0 aliphatic heterocycles. The number of hydrogen-bond acceptors (Lipinski definition) is 4. The Morgan fingerprint density at radius 2 is 1.87 bits per heavy atom.